The summed E-state index contributed by atoms with van der Waals surface area (Å²) in [4.78, 5) is 36.3. The van der Waals surface area contributed by atoms with Gasteiger partial charge in [-0.15, -0.1) is 0 Å². The number of carbonyl (C=O) groups is 3. The second-order valence-corrected chi connectivity index (χ2v) is 8.05. The number of hydrogen-bond donors (Lipinski definition) is 2. The summed E-state index contributed by atoms with van der Waals surface area (Å²) in [5.74, 6) is -1.50. The minimum atomic E-state index is -0.873. The molecule has 0 saturated carbocycles. The quantitative estimate of drug-likeness (QED) is 0.731. The fourth-order valence-corrected chi connectivity index (χ4v) is 2.64. The summed E-state index contributed by atoms with van der Waals surface area (Å²) < 4.78 is 5.01. The van der Waals surface area contributed by atoms with E-state index < -0.39 is 24.5 Å². The van der Waals surface area contributed by atoms with E-state index in [0.717, 1.165) is 11.1 Å². The molecule has 6 heteroatoms. The lowest BCUT2D eigenvalue weighted by Crippen LogP contribution is -2.40. The van der Waals surface area contributed by atoms with Gasteiger partial charge in [0, 0.05) is 11.3 Å². The molecule has 0 unspecified atom stereocenters. The van der Waals surface area contributed by atoms with Crippen molar-refractivity contribution >= 4 is 23.5 Å². The fourth-order valence-electron chi connectivity index (χ4n) is 2.64. The van der Waals surface area contributed by atoms with Gasteiger partial charge in [-0.1, -0.05) is 50.6 Å². The molecule has 0 spiro atoms. The summed E-state index contributed by atoms with van der Waals surface area (Å²) in [6.07, 6.45) is 0. The van der Waals surface area contributed by atoms with Crippen LogP contribution in [0.15, 0.2) is 48.5 Å². The second kappa shape index (κ2) is 9.37. The van der Waals surface area contributed by atoms with Gasteiger partial charge in [-0.2, -0.15) is 0 Å². The predicted octanol–water partition coefficient (Wildman–Crippen LogP) is 3.59. The minimum Gasteiger partial charge on any atom is -0.454 e. The van der Waals surface area contributed by atoms with Crippen LogP contribution in [0.1, 0.15) is 49.2 Å². The molecule has 0 fully saturated rings. The summed E-state index contributed by atoms with van der Waals surface area (Å²) in [7, 11) is 0. The Labute approximate surface area is 171 Å². The lowest BCUT2D eigenvalue weighted by Gasteiger charge is -2.19. The number of benzene rings is 2. The summed E-state index contributed by atoms with van der Waals surface area (Å²) in [5, 5.41) is 5.26. The van der Waals surface area contributed by atoms with E-state index in [0.29, 0.717) is 11.3 Å². The Kier molecular flexibility index (Phi) is 7.15. The molecular formula is C23H28N2O4. The number of anilines is 1. The number of rotatable bonds is 6. The van der Waals surface area contributed by atoms with Gasteiger partial charge in [-0.25, -0.2) is 4.79 Å². The fraction of sp³-hybridized carbons (Fsp3) is 0.348. The highest BCUT2D eigenvalue weighted by Gasteiger charge is 2.19. The molecule has 0 aromatic heterocycles. The lowest BCUT2D eigenvalue weighted by atomic mass is 9.87. The topological polar surface area (TPSA) is 84.5 Å². The van der Waals surface area contributed by atoms with Crippen molar-refractivity contribution in [3.63, 3.8) is 0 Å². The van der Waals surface area contributed by atoms with Gasteiger partial charge in [-0.3, -0.25) is 9.59 Å². The Morgan fingerprint density at radius 1 is 1.03 bits per heavy atom. The molecule has 6 nitrogen and oxygen atoms in total. The third-order valence-electron chi connectivity index (χ3n) is 4.36. The Bertz CT molecular complexity index is 882. The van der Waals surface area contributed by atoms with Crippen molar-refractivity contribution < 1.29 is 19.1 Å². The zero-order valence-corrected chi connectivity index (χ0v) is 17.5. The third-order valence-corrected chi connectivity index (χ3v) is 4.36. The van der Waals surface area contributed by atoms with E-state index in [1.54, 1.807) is 18.2 Å². The average molecular weight is 396 g/mol. The molecule has 0 aliphatic heterocycles. The number of aryl methyl sites for hydroxylation is 1. The number of hydrogen-bond acceptors (Lipinski definition) is 4. The molecule has 2 aromatic carbocycles. The maximum Gasteiger partial charge on any atom is 0.328 e. The SMILES string of the molecule is Cc1cccc(C(=O)N[C@@H](C)C(=O)OCC(=O)Nc2ccc(C(C)(C)C)cc2)c1. The first-order valence-corrected chi connectivity index (χ1v) is 9.51. The van der Waals surface area contributed by atoms with Crippen molar-refractivity contribution in [1.82, 2.24) is 5.32 Å². The molecular weight excluding hydrogens is 368 g/mol. The van der Waals surface area contributed by atoms with Crippen molar-refractivity contribution in [2.75, 3.05) is 11.9 Å². The van der Waals surface area contributed by atoms with Crippen molar-refractivity contribution in [2.45, 2.75) is 46.1 Å². The smallest absolute Gasteiger partial charge is 0.328 e. The Morgan fingerprint density at radius 3 is 2.28 bits per heavy atom. The van der Waals surface area contributed by atoms with Crippen LogP contribution in [0.4, 0.5) is 5.69 Å². The van der Waals surface area contributed by atoms with E-state index in [1.165, 1.54) is 6.92 Å². The number of ether oxygens (including phenoxy) is 1. The van der Waals surface area contributed by atoms with E-state index in [1.807, 2.05) is 37.3 Å². The van der Waals surface area contributed by atoms with Gasteiger partial charge >= 0.3 is 5.97 Å². The van der Waals surface area contributed by atoms with Crippen LogP contribution in [-0.4, -0.2) is 30.4 Å². The maximum absolute atomic E-state index is 12.2. The van der Waals surface area contributed by atoms with Gasteiger partial charge in [0.25, 0.3) is 11.8 Å². The molecule has 154 valence electrons. The number of nitrogens with one attached hydrogen (secondary N) is 2. The zero-order valence-electron chi connectivity index (χ0n) is 17.5. The first-order chi connectivity index (χ1) is 13.6. The van der Waals surface area contributed by atoms with Crippen molar-refractivity contribution in [2.24, 2.45) is 0 Å². The largest absolute Gasteiger partial charge is 0.454 e. The number of esters is 1. The van der Waals surface area contributed by atoms with E-state index in [4.69, 9.17) is 4.74 Å². The Hall–Kier alpha value is -3.15. The van der Waals surface area contributed by atoms with Gasteiger partial charge in [0.2, 0.25) is 0 Å². The summed E-state index contributed by atoms with van der Waals surface area (Å²) in [5.41, 5.74) is 3.21. The molecule has 1 atom stereocenters. The number of amides is 2. The van der Waals surface area contributed by atoms with E-state index in [-0.39, 0.29) is 11.3 Å². The molecule has 2 aromatic rings. The van der Waals surface area contributed by atoms with Gasteiger partial charge in [0.1, 0.15) is 6.04 Å². The average Bonchev–Trinajstić information content (AvgIpc) is 2.65. The molecule has 2 rings (SSSR count). The van der Waals surface area contributed by atoms with E-state index >= 15 is 0 Å². The van der Waals surface area contributed by atoms with Gasteiger partial charge in [0.05, 0.1) is 0 Å². The molecule has 0 aliphatic carbocycles. The van der Waals surface area contributed by atoms with Crippen molar-refractivity contribution in [3.05, 3.63) is 65.2 Å². The zero-order chi connectivity index (χ0) is 21.6. The molecule has 0 saturated heterocycles. The van der Waals surface area contributed by atoms with Crippen LogP contribution in [0.3, 0.4) is 0 Å². The van der Waals surface area contributed by atoms with Gasteiger partial charge in [-0.05, 0) is 49.1 Å². The highest BCUT2D eigenvalue weighted by atomic mass is 16.5. The maximum atomic E-state index is 12.2. The highest BCUT2D eigenvalue weighted by molar-refractivity contribution is 5.97. The monoisotopic (exact) mass is 396 g/mol. The molecule has 0 bridgehead atoms. The Morgan fingerprint density at radius 2 is 1.69 bits per heavy atom. The van der Waals surface area contributed by atoms with Crippen LogP contribution in [-0.2, 0) is 19.7 Å². The van der Waals surface area contributed by atoms with Crippen LogP contribution in [0, 0.1) is 6.92 Å². The standard InChI is InChI=1S/C23H28N2O4/c1-15-7-6-8-17(13-15)21(27)24-16(2)22(28)29-14-20(26)25-19-11-9-18(10-12-19)23(3,4)5/h6-13,16H,14H2,1-5H3,(H,24,27)(H,25,26)/t16-/m0/s1. The molecule has 0 aliphatic rings. The normalized spacial score (nSPS) is 12.0. The number of carbonyl (C=O) groups excluding carboxylic acids is 3. The molecule has 2 amide bonds. The Balaban J connectivity index is 1.81. The van der Waals surface area contributed by atoms with E-state index in [2.05, 4.69) is 31.4 Å². The third kappa shape index (κ3) is 6.75. The first kappa shape index (κ1) is 22.1. The van der Waals surface area contributed by atoms with E-state index in [9.17, 15) is 14.4 Å². The predicted molar refractivity (Wildman–Crippen MR) is 113 cm³/mol. The van der Waals surface area contributed by atoms with Crippen molar-refractivity contribution in [1.29, 1.82) is 0 Å². The van der Waals surface area contributed by atoms with Crippen LogP contribution in [0.2, 0.25) is 0 Å². The lowest BCUT2D eigenvalue weighted by molar-refractivity contribution is -0.148. The molecule has 2 N–H and O–H groups in total. The molecule has 29 heavy (non-hydrogen) atoms. The van der Waals surface area contributed by atoms with Crippen LogP contribution in [0.25, 0.3) is 0 Å². The van der Waals surface area contributed by atoms with Crippen molar-refractivity contribution in [3.8, 4) is 0 Å². The minimum absolute atomic E-state index is 0.0249. The molecule has 0 radical (unpaired) electrons. The van der Waals surface area contributed by atoms with Crippen LogP contribution >= 0.6 is 0 Å². The van der Waals surface area contributed by atoms with Gasteiger partial charge in [0.15, 0.2) is 6.61 Å². The summed E-state index contributed by atoms with van der Waals surface area (Å²) in [6.45, 7) is 9.30. The highest BCUT2D eigenvalue weighted by Crippen LogP contribution is 2.23. The van der Waals surface area contributed by atoms with Crippen LogP contribution in [0.5, 0.6) is 0 Å². The van der Waals surface area contributed by atoms with Crippen LogP contribution < -0.4 is 10.6 Å². The second-order valence-electron chi connectivity index (χ2n) is 8.05. The molecule has 0 heterocycles. The first-order valence-electron chi connectivity index (χ1n) is 9.51. The van der Waals surface area contributed by atoms with Gasteiger partial charge < -0.3 is 15.4 Å². The summed E-state index contributed by atoms with van der Waals surface area (Å²) >= 11 is 0. The summed E-state index contributed by atoms with van der Waals surface area (Å²) in [6, 6.07) is 13.7.